The number of nitrogens with zero attached hydrogens (tertiary/aromatic N) is 2. The lowest BCUT2D eigenvalue weighted by atomic mass is 9.73. The third-order valence-electron chi connectivity index (χ3n) is 7.65. The van der Waals surface area contributed by atoms with Gasteiger partial charge in [-0.15, -0.1) is 0 Å². The van der Waals surface area contributed by atoms with Crippen molar-refractivity contribution < 1.29 is 23.1 Å². The van der Waals surface area contributed by atoms with E-state index >= 15 is 0 Å². The normalized spacial score (nSPS) is 14.4. The molecule has 0 unspecified atom stereocenters. The number of aromatic nitrogens is 3. The Morgan fingerprint density at radius 1 is 0.930 bits per heavy atom. The van der Waals surface area contributed by atoms with Crippen molar-refractivity contribution in [2.45, 2.75) is 24.2 Å². The van der Waals surface area contributed by atoms with E-state index in [4.69, 9.17) is 9.84 Å². The summed E-state index contributed by atoms with van der Waals surface area (Å²) in [5.41, 5.74) is 7.31. The van der Waals surface area contributed by atoms with Crippen LogP contribution in [0.3, 0.4) is 0 Å². The van der Waals surface area contributed by atoms with Crippen LogP contribution < -0.4 is 4.74 Å². The van der Waals surface area contributed by atoms with Gasteiger partial charge in [0.25, 0.3) is 0 Å². The van der Waals surface area contributed by atoms with Gasteiger partial charge in [-0.2, -0.15) is 5.10 Å². The molecule has 2 aromatic heterocycles. The molecule has 1 saturated carbocycles. The Labute approximate surface area is 249 Å². The third kappa shape index (κ3) is 6.27. The van der Waals surface area contributed by atoms with E-state index < -0.39 is 15.8 Å². The molecule has 43 heavy (non-hydrogen) atoms. The number of pyridine rings is 1. The van der Waals surface area contributed by atoms with E-state index in [-0.39, 0.29) is 4.90 Å². The number of rotatable bonds is 9. The Kier molecular flexibility index (Phi) is 7.65. The number of hydrogen-bond acceptors (Lipinski definition) is 6. The van der Waals surface area contributed by atoms with Crippen molar-refractivity contribution in [2.24, 2.45) is 5.92 Å². The van der Waals surface area contributed by atoms with E-state index in [9.17, 15) is 13.2 Å². The van der Waals surface area contributed by atoms with Gasteiger partial charge < -0.3 is 9.84 Å². The molecule has 216 valence electrons. The van der Waals surface area contributed by atoms with Crippen LogP contribution in [0, 0.1) is 5.92 Å². The molecule has 0 radical (unpaired) electrons. The second kappa shape index (κ2) is 11.7. The molecular formula is C34H29N3O5S. The van der Waals surface area contributed by atoms with Crippen LogP contribution in [0.4, 0.5) is 0 Å². The Hall–Kier alpha value is -5.02. The van der Waals surface area contributed by atoms with Crippen LogP contribution in [-0.2, 0) is 14.6 Å². The number of fused-ring (bicyclic) bond motifs is 1. The van der Waals surface area contributed by atoms with Gasteiger partial charge in [-0.3, -0.25) is 5.10 Å². The molecule has 1 aliphatic carbocycles. The van der Waals surface area contributed by atoms with Crippen LogP contribution in [-0.4, -0.2) is 40.9 Å². The minimum absolute atomic E-state index is 0.137. The smallest absolute Gasteiger partial charge is 0.328 e. The number of allylic oxidation sites excluding steroid dienone is 1. The van der Waals surface area contributed by atoms with E-state index in [1.807, 2.05) is 60.8 Å². The minimum atomic E-state index is -3.34. The van der Waals surface area contributed by atoms with Gasteiger partial charge in [0.05, 0.1) is 16.6 Å². The first-order valence-corrected chi connectivity index (χ1v) is 15.8. The Balaban J connectivity index is 1.42. The Morgan fingerprint density at radius 2 is 1.65 bits per heavy atom. The van der Waals surface area contributed by atoms with Crippen molar-refractivity contribution in [1.29, 1.82) is 0 Å². The van der Waals surface area contributed by atoms with E-state index in [0.717, 1.165) is 70.3 Å². The molecule has 2 N–H and O–H groups in total. The van der Waals surface area contributed by atoms with Gasteiger partial charge in [0.15, 0.2) is 9.84 Å². The van der Waals surface area contributed by atoms with Crippen molar-refractivity contribution in [3.05, 3.63) is 120 Å². The summed E-state index contributed by atoms with van der Waals surface area (Å²) >= 11 is 0. The van der Waals surface area contributed by atoms with Crippen molar-refractivity contribution in [1.82, 2.24) is 15.2 Å². The van der Waals surface area contributed by atoms with Gasteiger partial charge in [0.2, 0.25) is 5.88 Å². The molecule has 1 aliphatic rings. The molecule has 0 bridgehead atoms. The largest absolute Gasteiger partial charge is 0.478 e. The number of ether oxygens (including phenoxy) is 1. The monoisotopic (exact) mass is 591 g/mol. The standard InChI is InChI=1S/C34H29N3O5S/c1-43(40,41)29-15-17-31(35-21-29)42-28-13-10-25(11-14-28)33(23-3-2-4-23)34(26-12-16-30-27(19-26)20-36-37-30)24-8-5-22(6-9-24)7-18-32(38)39/h5-21,23H,2-4H2,1H3,(H,36,37)(H,38,39). The van der Waals surface area contributed by atoms with Crippen molar-refractivity contribution in [3.63, 3.8) is 0 Å². The van der Waals surface area contributed by atoms with Crippen molar-refractivity contribution in [3.8, 4) is 11.6 Å². The topological polar surface area (TPSA) is 122 Å². The number of nitrogens with one attached hydrogen (secondary N) is 1. The quantitative estimate of drug-likeness (QED) is 0.140. The van der Waals surface area contributed by atoms with Crippen LogP contribution in [0.15, 0.2) is 102 Å². The van der Waals surface area contributed by atoms with Gasteiger partial charge in [-0.25, -0.2) is 18.2 Å². The third-order valence-corrected chi connectivity index (χ3v) is 8.75. The number of hydrogen-bond donors (Lipinski definition) is 2. The van der Waals surface area contributed by atoms with E-state index in [2.05, 4.69) is 27.3 Å². The molecule has 8 nitrogen and oxygen atoms in total. The molecular weight excluding hydrogens is 562 g/mol. The lowest BCUT2D eigenvalue weighted by Crippen LogP contribution is -2.15. The highest BCUT2D eigenvalue weighted by atomic mass is 32.2. The van der Waals surface area contributed by atoms with E-state index in [1.165, 1.54) is 17.8 Å². The van der Waals surface area contributed by atoms with E-state index in [0.29, 0.717) is 17.5 Å². The predicted molar refractivity (Wildman–Crippen MR) is 166 cm³/mol. The highest BCUT2D eigenvalue weighted by molar-refractivity contribution is 7.90. The maximum absolute atomic E-state index is 11.8. The number of sulfone groups is 1. The average molecular weight is 592 g/mol. The minimum Gasteiger partial charge on any atom is -0.478 e. The second-order valence-corrected chi connectivity index (χ2v) is 12.6. The first kappa shape index (κ1) is 28.1. The SMILES string of the molecule is CS(=O)(=O)c1ccc(Oc2ccc(C(=C(c3ccc(C=CC(=O)O)cc3)c3ccc4[nH]ncc4c3)C3CCC3)cc2)nc1. The van der Waals surface area contributed by atoms with Crippen LogP contribution in [0.5, 0.6) is 11.6 Å². The number of benzene rings is 3. The second-order valence-electron chi connectivity index (χ2n) is 10.6. The maximum atomic E-state index is 11.8. The first-order valence-electron chi connectivity index (χ1n) is 13.9. The zero-order chi connectivity index (χ0) is 30.0. The van der Waals surface area contributed by atoms with E-state index in [1.54, 1.807) is 12.1 Å². The summed E-state index contributed by atoms with van der Waals surface area (Å²) in [5, 5.41) is 17.3. The molecule has 9 heteroatoms. The van der Waals surface area contributed by atoms with Gasteiger partial charge >= 0.3 is 5.97 Å². The Bertz CT molecular complexity index is 1950. The maximum Gasteiger partial charge on any atom is 0.328 e. The summed E-state index contributed by atoms with van der Waals surface area (Å²) in [4.78, 5) is 15.3. The average Bonchev–Trinajstić information content (AvgIpc) is 3.44. The zero-order valence-electron chi connectivity index (χ0n) is 23.4. The van der Waals surface area contributed by atoms with Crippen LogP contribution in [0.2, 0.25) is 0 Å². The molecule has 0 saturated heterocycles. The lowest BCUT2D eigenvalue weighted by Gasteiger charge is -2.31. The van der Waals surface area contributed by atoms with Crippen molar-refractivity contribution in [2.75, 3.05) is 6.26 Å². The van der Waals surface area contributed by atoms with Crippen LogP contribution in [0.25, 0.3) is 28.1 Å². The van der Waals surface area contributed by atoms with Gasteiger partial charge in [-0.1, -0.05) is 48.9 Å². The number of carboxylic acid groups (broad SMARTS) is 1. The fourth-order valence-corrected chi connectivity index (χ4v) is 5.81. The van der Waals surface area contributed by atoms with Crippen LogP contribution >= 0.6 is 0 Å². The number of aromatic amines is 1. The Morgan fingerprint density at radius 3 is 2.28 bits per heavy atom. The molecule has 0 aliphatic heterocycles. The molecule has 0 amide bonds. The molecule has 1 fully saturated rings. The number of carbonyl (C=O) groups is 1. The highest BCUT2D eigenvalue weighted by Gasteiger charge is 2.27. The highest BCUT2D eigenvalue weighted by Crippen LogP contribution is 2.45. The summed E-state index contributed by atoms with van der Waals surface area (Å²) in [6, 6.07) is 25.2. The molecule has 0 spiro atoms. The summed E-state index contributed by atoms with van der Waals surface area (Å²) < 4.78 is 29.4. The fourth-order valence-electron chi connectivity index (χ4n) is 5.26. The fraction of sp³-hybridized carbons (Fsp3) is 0.147. The lowest BCUT2D eigenvalue weighted by molar-refractivity contribution is -0.131. The first-order chi connectivity index (χ1) is 20.7. The molecule has 3 aromatic carbocycles. The van der Waals surface area contributed by atoms with Crippen LogP contribution in [0.1, 0.15) is 41.5 Å². The summed E-state index contributed by atoms with van der Waals surface area (Å²) in [7, 11) is -3.34. The molecule has 0 atom stereocenters. The number of H-pyrrole nitrogens is 1. The van der Waals surface area contributed by atoms with Crippen molar-refractivity contribution >= 4 is 43.9 Å². The summed E-state index contributed by atoms with van der Waals surface area (Å²) in [5.74, 6) is 0.284. The molecule has 5 aromatic rings. The summed E-state index contributed by atoms with van der Waals surface area (Å²) in [6.07, 6.45) is 10.3. The predicted octanol–water partition coefficient (Wildman–Crippen LogP) is 7.01. The molecule has 2 heterocycles. The number of aliphatic carboxylic acids is 1. The molecule has 6 rings (SSSR count). The van der Waals surface area contributed by atoms with Gasteiger partial charge in [0.1, 0.15) is 5.75 Å². The number of carboxylic acids is 1. The zero-order valence-corrected chi connectivity index (χ0v) is 24.2. The van der Waals surface area contributed by atoms with Gasteiger partial charge in [0, 0.05) is 30.0 Å². The van der Waals surface area contributed by atoms with Gasteiger partial charge in [-0.05, 0) is 88.6 Å². The summed E-state index contributed by atoms with van der Waals surface area (Å²) in [6.45, 7) is 0.